The minimum absolute atomic E-state index is 0.0850. The fourth-order valence-corrected chi connectivity index (χ4v) is 1.93. The highest BCUT2D eigenvalue weighted by Crippen LogP contribution is 2.04. The topological polar surface area (TPSA) is 111 Å². The van der Waals surface area contributed by atoms with Gasteiger partial charge in [-0.3, -0.25) is 19.4 Å². The van der Waals surface area contributed by atoms with Crippen molar-refractivity contribution in [2.24, 2.45) is 5.73 Å². The third kappa shape index (κ3) is 5.20. The van der Waals surface area contributed by atoms with Crippen LogP contribution in [0.15, 0.2) is 54.9 Å². The zero-order valence-corrected chi connectivity index (χ0v) is 12.8. The van der Waals surface area contributed by atoms with Crippen molar-refractivity contribution in [3.05, 3.63) is 66.0 Å². The largest absolute Gasteiger partial charge is 0.461 e. The number of rotatable bonds is 7. The van der Waals surface area contributed by atoms with Crippen molar-refractivity contribution in [1.82, 2.24) is 10.3 Å². The lowest BCUT2D eigenvalue weighted by molar-refractivity contribution is -0.146. The van der Waals surface area contributed by atoms with Crippen LogP contribution in [0.4, 0.5) is 0 Å². The second-order valence-corrected chi connectivity index (χ2v) is 5.02. The number of primary amides is 1. The van der Waals surface area contributed by atoms with Gasteiger partial charge >= 0.3 is 5.97 Å². The van der Waals surface area contributed by atoms with Crippen molar-refractivity contribution in [2.45, 2.75) is 19.1 Å². The lowest BCUT2D eigenvalue weighted by Crippen LogP contribution is -2.45. The maximum Gasteiger partial charge on any atom is 0.308 e. The van der Waals surface area contributed by atoms with Gasteiger partial charge in [0.25, 0.3) is 5.91 Å². The maximum absolute atomic E-state index is 12.0. The highest BCUT2D eigenvalue weighted by atomic mass is 16.5. The summed E-state index contributed by atoms with van der Waals surface area (Å²) < 4.78 is 5.09. The first-order valence-corrected chi connectivity index (χ1v) is 7.26. The van der Waals surface area contributed by atoms with Crippen molar-refractivity contribution in [3.8, 4) is 0 Å². The molecule has 0 aliphatic carbocycles. The van der Waals surface area contributed by atoms with E-state index >= 15 is 0 Å². The van der Waals surface area contributed by atoms with Crippen LogP contribution in [0.2, 0.25) is 0 Å². The summed E-state index contributed by atoms with van der Waals surface area (Å²) in [7, 11) is 0. The first kappa shape index (κ1) is 17.1. The van der Waals surface area contributed by atoms with Crippen LogP contribution in [0.1, 0.15) is 22.3 Å². The second kappa shape index (κ2) is 8.42. The Hall–Kier alpha value is -3.22. The van der Waals surface area contributed by atoms with Gasteiger partial charge in [-0.1, -0.05) is 30.3 Å². The van der Waals surface area contributed by atoms with E-state index in [1.165, 1.54) is 18.5 Å². The smallest absolute Gasteiger partial charge is 0.308 e. The zero-order valence-electron chi connectivity index (χ0n) is 12.8. The van der Waals surface area contributed by atoms with Gasteiger partial charge in [-0.15, -0.1) is 0 Å². The molecule has 7 nitrogen and oxygen atoms in total. The molecule has 3 N–H and O–H groups in total. The number of esters is 1. The Morgan fingerprint density at radius 3 is 2.50 bits per heavy atom. The van der Waals surface area contributed by atoms with Crippen molar-refractivity contribution >= 4 is 17.8 Å². The Bertz CT molecular complexity index is 704. The van der Waals surface area contributed by atoms with Gasteiger partial charge in [-0.25, -0.2) is 0 Å². The van der Waals surface area contributed by atoms with Gasteiger partial charge in [0, 0.05) is 12.4 Å². The Morgan fingerprint density at radius 2 is 1.88 bits per heavy atom. The zero-order chi connectivity index (χ0) is 17.4. The van der Waals surface area contributed by atoms with E-state index in [-0.39, 0.29) is 18.6 Å². The molecule has 1 heterocycles. The summed E-state index contributed by atoms with van der Waals surface area (Å²) in [4.78, 5) is 39.1. The van der Waals surface area contributed by atoms with E-state index in [4.69, 9.17) is 10.5 Å². The molecule has 0 aliphatic heterocycles. The molecular formula is C17H17N3O4. The summed E-state index contributed by atoms with van der Waals surface area (Å²) >= 11 is 0. The number of hydrogen-bond acceptors (Lipinski definition) is 5. The molecule has 2 aromatic rings. The molecule has 0 spiro atoms. The third-order valence-electron chi connectivity index (χ3n) is 3.19. The fraction of sp³-hybridized carbons (Fsp3) is 0.176. The second-order valence-electron chi connectivity index (χ2n) is 5.02. The van der Waals surface area contributed by atoms with E-state index in [2.05, 4.69) is 10.3 Å². The molecule has 0 aliphatic rings. The third-order valence-corrected chi connectivity index (χ3v) is 3.19. The number of hydrogen-bond donors (Lipinski definition) is 2. The van der Waals surface area contributed by atoms with Crippen LogP contribution in [-0.2, 0) is 20.9 Å². The van der Waals surface area contributed by atoms with Gasteiger partial charge in [0.1, 0.15) is 12.6 Å². The fourth-order valence-electron chi connectivity index (χ4n) is 1.93. The molecule has 0 fully saturated rings. The monoisotopic (exact) mass is 327 g/mol. The maximum atomic E-state index is 12.0. The average Bonchev–Trinajstić information content (AvgIpc) is 2.61. The lowest BCUT2D eigenvalue weighted by Gasteiger charge is -2.15. The van der Waals surface area contributed by atoms with Gasteiger partial charge in [0.2, 0.25) is 5.91 Å². The molecule has 7 heteroatoms. The molecule has 1 aromatic carbocycles. The van der Waals surface area contributed by atoms with Crippen molar-refractivity contribution in [3.63, 3.8) is 0 Å². The minimum atomic E-state index is -1.15. The quantitative estimate of drug-likeness (QED) is 0.731. The number of aromatic nitrogens is 1. The predicted molar refractivity (Wildman–Crippen MR) is 85.5 cm³/mol. The van der Waals surface area contributed by atoms with E-state index in [9.17, 15) is 14.4 Å². The van der Waals surface area contributed by atoms with Crippen LogP contribution < -0.4 is 11.1 Å². The number of nitrogens with one attached hydrogen (secondary N) is 1. The van der Waals surface area contributed by atoms with E-state index in [0.717, 1.165) is 5.56 Å². The number of nitrogens with two attached hydrogens (primary N) is 1. The van der Waals surface area contributed by atoms with Crippen LogP contribution >= 0.6 is 0 Å². The van der Waals surface area contributed by atoms with Gasteiger partial charge in [0.05, 0.1) is 12.0 Å². The SMILES string of the molecule is NC(=O)[C@@H](CC(=O)OCc1ccccc1)NC(=O)c1cccnc1. The van der Waals surface area contributed by atoms with Crippen LogP contribution in [0.3, 0.4) is 0 Å². The Morgan fingerprint density at radius 1 is 1.12 bits per heavy atom. The molecule has 2 rings (SSSR count). The van der Waals surface area contributed by atoms with Crippen molar-refractivity contribution in [2.75, 3.05) is 0 Å². The van der Waals surface area contributed by atoms with E-state index < -0.39 is 23.8 Å². The van der Waals surface area contributed by atoms with E-state index in [1.807, 2.05) is 30.3 Å². The van der Waals surface area contributed by atoms with Crippen LogP contribution in [0, 0.1) is 0 Å². The predicted octanol–water partition coefficient (Wildman–Crippen LogP) is 0.799. The Balaban J connectivity index is 1.89. The van der Waals surface area contributed by atoms with Crippen molar-refractivity contribution in [1.29, 1.82) is 0 Å². The summed E-state index contributed by atoms with van der Waals surface area (Å²) in [5, 5.41) is 2.41. The standard InChI is InChI=1S/C17H17N3O4/c18-16(22)14(20-17(23)13-7-4-8-19-10-13)9-15(21)24-11-12-5-2-1-3-6-12/h1-8,10,14H,9,11H2,(H2,18,22)(H,20,23)/t14-/m1/s1. The Labute approximate surface area is 138 Å². The van der Waals surface area contributed by atoms with Gasteiger partial charge < -0.3 is 15.8 Å². The number of amides is 2. The first-order chi connectivity index (χ1) is 11.6. The molecule has 0 unspecified atom stereocenters. The molecule has 0 saturated heterocycles. The molecule has 0 bridgehead atoms. The average molecular weight is 327 g/mol. The number of carbonyl (C=O) groups excluding carboxylic acids is 3. The highest BCUT2D eigenvalue weighted by Gasteiger charge is 2.23. The number of pyridine rings is 1. The molecular weight excluding hydrogens is 310 g/mol. The van der Waals surface area contributed by atoms with Crippen LogP contribution in [0.25, 0.3) is 0 Å². The summed E-state index contributed by atoms with van der Waals surface area (Å²) in [5.41, 5.74) is 6.33. The number of carbonyl (C=O) groups is 3. The van der Waals surface area contributed by atoms with Crippen LogP contribution in [0.5, 0.6) is 0 Å². The summed E-state index contributed by atoms with van der Waals surface area (Å²) in [5.74, 6) is -1.99. The normalized spacial score (nSPS) is 11.3. The summed E-state index contributed by atoms with van der Waals surface area (Å²) in [6, 6.07) is 11.1. The minimum Gasteiger partial charge on any atom is -0.461 e. The lowest BCUT2D eigenvalue weighted by atomic mass is 10.1. The van der Waals surface area contributed by atoms with Crippen molar-refractivity contribution < 1.29 is 19.1 Å². The molecule has 1 aromatic heterocycles. The molecule has 24 heavy (non-hydrogen) atoms. The molecule has 1 atom stereocenters. The number of nitrogens with zero attached hydrogens (tertiary/aromatic N) is 1. The molecule has 0 saturated carbocycles. The highest BCUT2D eigenvalue weighted by molar-refractivity contribution is 5.98. The molecule has 0 radical (unpaired) electrons. The molecule has 2 amide bonds. The van der Waals surface area contributed by atoms with Gasteiger partial charge in [0.15, 0.2) is 0 Å². The van der Waals surface area contributed by atoms with E-state index in [0.29, 0.717) is 0 Å². The van der Waals surface area contributed by atoms with E-state index in [1.54, 1.807) is 6.07 Å². The molecule has 124 valence electrons. The van der Waals surface area contributed by atoms with Gasteiger partial charge in [-0.2, -0.15) is 0 Å². The summed E-state index contributed by atoms with van der Waals surface area (Å²) in [6.45, 7) is 0.0850. The number of ether oxygens (including phenoxy) is 1. The summed E-state index contributed by atoms with van der Waals surface area (Å²) in [6.07, 6.45) is 2.53. The van der Waals surface area contributed by atoms with Gasteiger partial charge in [-0.05, 0) is 17.7 Å². The Kier molecular flexibility index (Phi) is 6.01. The first-order valence-electron chi connectivity index (χ1n) is 7.26. The number of benzene rings is 1. The van der Waals surface area contributed by atoms with Crippen LogP contribution in [-0.4, -0.2) is 28.8 Å².